The summed E-state index contributed by atoms with van der Waals surface area (Å²) in [4.78, 5) is 41.4. The van der Waals surface area contributed by atoms with Crippen molar-refractivity contribution in [3.8, 4) is 11.8 Å². The van der Waals surface area contributed by atoms with Gasteiger partial charge in [-0.3, -0.25) is 9.59 Å². The Morgan fingerprint density at radius 2 is 1.76 bits per heavy atom. The third kappa shape index (κ3) is 8.70. The van der Waals surface area contributed by atoms with Crippen LogP contribution >= 0.6 is 11.8 Å². The van der Waals surface area contributed by atoms with E-state index in [1.165, 1.54) is 23.9 Å². The molecule has 2 aromatic carbocycles. The average Bonchev–Trinajstić information content (AvgIpc) is 2.82. The van der Waals surface area contributed by atoms with E-state index in [1.807, 2.05) is 44.4 Å². The number of amides is 3. The third-order valence-electron chi connectivity index (χ3n) is 5.60. The number of carbonyl (C=O) groups excluding carboxylic acids is 3. The van der Waals surface area contributed by atoms with Gasteiger partial charge >= 0.3 is 6.09 Å². The number of anilines is 1. The molecule has 0 fully saturated rings. The first-order valence-corrected chi connectivity index (χ1v) is 13.6. The minimum absolute atomic E-state index is 0.0949. The van der Waals surface area contributed by atoms with Gasteiger partial charge in [-0.25, -0.2) is 4.79 Å². The molecule has 2 aromatic rings. The first kappa shape index (κ1) is 30.5. The quantitative estimate of drug-likeness (QED) is 0.373. The van der Waals surface area contributed by atoms with Crippen molar-refractivity contribution in [1.29, 1.82) is 5.26 Å². The van der Waals surface area contributed by atoms with Crippen molar-refractivity contribution in [2.45, 2.75) is 58.7 Å². The molecule has 0 spiro atoms. The van der Waals surface area contributed by atoms with Gasteiger partial charge in [0.1, 0.15) is 30.0 Å². The SMILES string of the molecule is CSCCC(NC(=O)OC(C)(C)C)C(=O)N(CC#N)C(C(=O)Nc1c(C)cccc1C)c1cccc(O)c1. The molecule has 0 aliphatic rings. The molecule has 0 aromatic heterocycles. The Kier molecular flexibility index (Phi) is 11.0. The van der Waals surface area contributed by atoms with Gasteiger partial charge in [-0.05, 0) is 81.9 Å². The number of thioether (sulfide) groups is 1. The fourth-order valence-corrected chi connectivity index (χ4v) is 4.36. The van der Waals surface area contributed by atoms with Crippen LogP contribution in [-0.2, 0) is 14.3 Å². The lowest BCUT2D eigenvalue weighted by molar-refractivity contribution is -0.140. The number of rotatable bonds is 10. The predicted molar refractivity (Wildman–Crippen MR) is 149 cm³/mol. The number of aryl methyl sites for hydroxylation is 2. The Morgan fingerprint density at radius 1 is 1.13 bits per heavy atom. The highest BCUT2D eigenvalue weighted by molar-refractivity contribution is 7.98. The molecule has 3 N–H and O–H groups in total. The fourth-order valence-electron chi connectivity index (χ4n) is 3.89. The van der Waals surface area contributed by atoms with Crippen LogP contribution in [0, 0.1) is 25.2 Å². The van der Waals surface area contributed by atoms with E-state index in [4.69, 9.17) is 4.74 Å². The summed E-state index contributed by atoms with van der Waals surface area (Å²) in [6, 6.07) is 11.2. The highest BCUT2D eigenvalue weighted by atomic mass is 32.2. The van der Waals surface area contributed by atoms with Gasteiger partial charge in [-0.15, -0.1) is 0 Å². The lowest BCUT2D eigenvalue weighted by Crippen LogP contribution is -2.52. The van der Waals surface area contributed by atoms with E-state index in [2.05, 4.69) is 10.6 Å². The molecule has 204 valence electrons. The van der Waals surface area contributed by atoms with Gasteiger partial charge in [0.15, 0.2) is 0 Å². The summed E-state index contributed by atoms with van der Waals surface area (Å²) in [6.45, 7) is 8.42. The second-order valence-electron chi connectivity index (χ2n) is 9.86. The predicted octanol–water partition coefficient (Wildman–Crippen LogP) is 4.69. The highest BCUT2D eigenvalue weighted by Gasteiger charge is 2.36. The molecule has 10 heteroatoms. The van der Waals surface area contributed by atoms with Gasteiger partial charge in [-0.2, -0.15) is 17.0 Å². The third-order valence-corrected chi connectivity index (χ3v) is 6.24. The lowest BCUT2D eigenvalue weighted by atomic mass is 10.0. The number of para-hydroxylation sites is 1. The van der Waals surface area contributed by atoms with Crippen LogP contribution in [0.15, 0.2) is 42.5 Å². The zero-order valence-electron chi connectivity index (χ0n) is 22.7. The molecule has 9 nitrogen and oxygen atoms in total. The molecule has 0 bridgehead atoms. The smallest absolute Gasteiger partial charge is 0.408 e. The number of hydrogen-bond donors (Lipinski definition) is 3. The molecule has 0 aliphatic heterocycles. The number of carbonyl (C=O) groups is 3. The number of benzene rings is 2. The highest BCUT2D eigenvalue weighted by Crippen LogP contribution is 2.28. The molecule has 38 heavy (non-hydrogen) atoms. The zero-order valence-corrected chi connectivity index (χ0v) is 23.5. The second-order valence-corrected chi connectivity index (χ2v) is 10.8. The van der Waals surface area contributed by atoms with Crippen molar-refractivity contribution in [2.75, 3.05) is 23.9 Å². The maximum atomic E-state index is 13.9. The number of nitrogens with zero attached hydrogens (tertiary/aromatic N) is 2. The van der Waals surface area contributed by atoms with Crippen molar-refractivity contribution < 1.29 is 24.2 Å². The van der Waals surface area contributed by atoms with E-state index in [-0.39, 0.29) is 12.2 Å². The fraction of sp³-hybridized carbons (Fsp3) is 0.429. The number of alkyl carbamates (subject to hydrolysis) is 1. The summed E-state index contributed by atoms with van der Waals surface area (Å²) in [6.07, 6.45) is 1.35. The standard InChI is InChI=1S/C28H36N4O5S/c1-18-9-7-10-19(2)23(18)31-25(34)24(20-11-8-12-21(33)17-20)32(15-14-29)26(35)22(13-16-38-6)30-27(36)37-28(3,4)5/h7-12,17,22,24,33H,13,15-16H2,1-6H3,(H,30,36)(H,31,34). The second kappa shape index (κ2) is 13.7. The van der Waals surface area contributed by atoms with Gasteiger partial charge < -0.3 is 25.4 Å². The zero-order chi connectivity index (χ0) is 28.5. The van der Waals surface area contributed by atoms with Crippen LogP contribution in [0.3, 0.4) is 0 Å². The van der Waals surface area contributed by atoms with Crippen LogP contribution in [0.4, 0.5) is 10.5 Å². The van der Waals surface area contributed by atoms with Crippen LogP contribution in [0.25, 0.3) is 0 Å². The van der Waals surface area contributed by atoms with E-state index in [9.17, 15) is 24.8 Å². The topological polar surface area (TPSA) is 132 Å². The number of ether oxygens (including phenoxy) is 1. The number of phenolic OH excluding ortho intramolecular Hbond substituents is 1. The number of aromatic hydroxyl groups is 1. The summed E-state index contributed by atoms with van der Waals surface area (Å²) in [5.74, 6) is -0.727. The van der Waals surface area contributed by atoms with Gasteiger partial charge in [0.05, 0.1) is 6.07 Å². The summed E-state index contributed by atoms with van der Waals surface area (Å²) in [5, 5.41) is 25.3. The van der Waals surface area contributed by atoms with E-state index in [0.717, 1.165) is 16.0 Å². The van der Waals surface area contributed by atoms with Crippen LogP contribution in [-0.4, -0.2) is 58.1 Å². The van der Waals surface area contributed by atoms with Gasteiger partial charge in [0.25, 0.3) is 5.91 Å². The van der Waals surface area contributed by atoms with Gasteiger partial charge in [-0.1, -0.05) is 30.3 Å². The Morgan fingerprint density at radius 3 is 2.32 bits per heavy atom. The van der Waals surface area contributed by atoms with Crippen LogP contribution in [0.2, 0.25) is 0 Å². The summed E-state index contributed by atoms with van der Waals surface area (Å²) >= 11 is 1.49. The molecule has 0 radical (unpaired) electrons. The molecule has 3 amide bonds. The monoisotopic (exact) mass is 540 g/mol. The van der Waals surface area contributed by atoms with Crippen LogP contribution in [0.5, 0.6) is 5.75 Å². The molecule has 0 saturated carbocycles. The van der Waals surface area contributed by atoms with Crippen molar-refractivity contribution in [2.24, 2.45) is 0 Å². The molecule has 2 atom stereocenters. The summed E-state index contributed by atoms with van der Waals surface area (Å²) in [5.41, 5.74) is 1.79. The van der Waals surface area contributed by atoms with Gasteiger partial charge in [0.2, 0.25) is 5.91 Å². The minimum Gasteiger partial charge on any atom is -0.508 e. The maximum Gasteiger partial charge on any atom is 0.408 e. The molecular formula is C28H36N4O5S. The van der Waals surface area contributed by atoms with E-state index in [0.29, 0.717) is 17.0 Å². The molecular weight excluding hydrogens is 504 g/mol. The average molecular weight is 541 g/mol. The molecule has 2 rings (SSSR count). The normalized spacial score (nSPS) is 12.6. The molecule has 0 aliphatic carbocycles. The Hall–Kier alpha value is -3.71. The van der Waals surface area contributed by atoms with E-state index in [1.54, 1.807) is 32.9 Å². The number of nitriles is 1. The maximum absolute atomic E-state index is 13.9. The number of phenols is 1. The number of hydrogen-bond acceptors (Lipinski definition) is 7. The van der Waals surface area contributed by atoms with Crippen molar-refractivity contribution in [3.63, 3.8) is 0 Å². The summed E-state index contributed by atoms with van der Waals surface area (Å²) < 4.78 is 5.35. The van der Waals surface area contributed by atoms with Crippen LogP contribution < -0.4 is 10.6 Å². The van der Waals surface area contributed by atoms with Gasteiger partial charge in [0, 0.05) is 5.69 Å². The van der Waals surface area contributed by atoms with Crippen molar-refractivity contribution in [1.82, 2.24) is 10.2 Å². The first-order valence-electron chi connectivity index (χ1n) is 12.2. The largest absolute Gasteiger partial charge is 0.508 e. The Balaban J connectivity index is 2.53. The Labute approximate surface area is 228 Å². The first-order chi connectivity index (χ1) is 17.9. The molecule has 0 saturated heterocycles. The van der Waals surface area contributed by atoms with Crippen molar-refractivity contribution >= 4 is 35.4 Å². The minimum atomic E-state index is -1.26. The number of nitrogens with one attached hydrogen (secondary N) is 2. The van der Waals surface area contributed by atoms with Crippen LogP contribution in [0.1, 0.15) is 49.9 Å². The van der Waals surface area contributed by atoms with Crippen molar-refractivity contribution in [3.05, 3.63) is 59.2 Å². The summed E-state index contributed by atoms with van der Waals surface area (Å²) in [7, 11) is 0. The Bertz CT molecular complexity index is 1170. The lowest BCUT2D eigenvalue weighted by Gasteiger charge is -2.33. The van der Waals surface area contributed by atoms with E-state index < -0.39 is 42.1 Å². The molecule has 2 unspecified atom stereocenters. The van der Waals surface area contributed by atoms with E-state index >= 15 is 0 Å². The molecule has 0 heterocycles.